The number of methoxy groups -OCH3 is 1. The number of alkyl halides is 2. The molecule has 0 aliphatic heterocycles. The molecule has 0 unspecified atom stereocenters. The number of halogens is 2. The monoisotopic (exact) mass is 246 g/mol. The molecule has 0 saturated carbocycles. The van der Waals surface area contributed by atoms with Gasteiger partial charge in [-0.05, 0) is 0 Å². The zero-order chi connectivity index (χ0) is 13.0. The van der Waals surface area contributed by atoms with Crippen molar-refractivity contribution in [1.29, 1.82) is 0 Å². The van der Waals surface area contributed by atoms with E-state index in [1.165, 1.54) is 7.11 Å². The van der Waals surface area contributed by atoms with E-state index in [9.17, 15) is 13.6 Å². The van der Waals surface area contributed by atoms with E-state index in [-0.39, 0.29) is 18.0 Å². The average molecular weight is 246 g/mol. The first kappa shape index (κ1) is 13.3. The summed E-state index contributed by atoms with van der Waals surface area (Å²) in [5, 5.41) is 8.67. The minimum Gasteiger partial charge on any atom is -0.496 e. The Labute approximate surface area is 96.2 Å². The minimum atomic E-state index is -2.79. The Balaban J connectivity index is 3.31. The maximum absolute atomic E-state index is 12.5. The molecule has 17 heavy (non-hydrogen) atoms. The van der Waals surface area contributed by atoms with Gasteiger partial charge in [0.15, 0.2) is 0 Å². The molecule has 0 radical (unpaired) electrons. The van der Waals surface area contributed by atoms with E-state index in [2.05, 4.69) is 4.98 Å². The molecular weight excluding hydrogens is 234 g/mol. The number of nitrogens with zero attached hydrogens (tertiary/aromatic N) is 1. The third-order valence-corrected chi connectivity index (χ3v) is 2.16. The number of rotatable bonds is 5. The van der Waals surface area contributed by atoms with E-state index in [0.29, 0.717) is 5.56 Å². The van der Waals surface area contributed by atoms with Crippen LogP contribution in [0, 0.1) is 0 Å². The lowest BCUT2D eigenvalue weighted by Gasteiger charge is -2.12. The molecule has 94 valence electrons. The zero-order valence-electron chi connectivity index (χ0n) is 9.11. The number of nitrogens with two attached hydrogens (primary N) is 1. The van der Waals surface area contributed by atoms with E-state index >= 15 is 0 Å². The Morgan fingerprint density at radius 1 is 1.65 bits per heavy atom. The second-order valence-electron chi connectivity index (χ2n) is 3.25. The molecular formula is C10H12F2N2O3. The number of hydrogen-bond acceptors (Lipinski definition) is 4. The van der Waals surface area contributed by atoms with E-state index in [1.807, 2.05) is 0 Å². The highest BCUT2D eigenvalue weighted by atomic mass is 19.3. The number of carboxylic acids is 1. The molecule has 3 N–H and O–H groups in total. The van der Waals surface area contributed by atoms with Gasteiger partial charge in [0.25, 0.3) is 6.43 Å². The number of aromatic nitrogens is 1. The molecule has 1 aromatic rings. The van der Waals surface area contributed by atoms with Crippen LogP contribution in [0.15, 0.2) is 6.07 Å². The van der Waals surface area contributed by atoms with E-state index in [1.54, 1.807) is 0 Å². The summed E-state index contributed by atoms with van der Waals surface area (Å²) in [5.41, 5.74) is 5.25. The van der Waals surface area contributed by atoms with Gasteiger partial charge in [-0.2, -0.15) is 0 Å². The van der Waals surface area contributed by atoms with E-state index in [4.69, 9.17) is 15.6 Å². The lowest BCUT2D eigenvalue weighted by atomic mass is 10.1. The normalized spacial score (nSPS) is 10.6. The van der Waals surface area contributed by atoms with Crippen LogP contribution < -0.4 is 10.5 Å². The van der Waals surface area contributed by atoms with Crippen LogP contribution in [0.4, 0.5) is 8.78 Å². The first-order chi connectivity index (χ1) is 7.99. The lowest BCUT2D eigenvalue weighted by Crippen LogP contribution is -2.12. The summed E-state index contributed by atoms with van der Waals surface area (Å²) < 4.78 is 30.0. The molecule has 0 aromatic carbocycles. The number of pyridine rings is 1. The van der Waals surface area contributed by atoms with Crippen LogP contribution in [0.5, 0.6) is 5.75 Å². The van der Waals surface area contributed by atoms with Gasteiger partial charge in [-0.3, -0.25) is 9.78 Å². The van der Waals surface area contributed by atoms with Crippen LogP contribution in [0.25, 0.3) is 0 Å². The number of aliphatic carboxylic acids is 1. The topological polar surface area (TPSA) is 85.4 Å². The van der Waals surface area contributed by atoms with Crippen molar-refractivity contribution in [1.82, 2.24) is 4.98 Å². The number of ether oxygens (including phenoxy) is 1. The highest BCUT2D eigenvalue weighted by molar-refractivity contribution is 5.70. The van der Waals surface area contributed by atoms with Crippen LogP contribution in [-0.2, 0) is 17.8 Å². The summed E-state index contributed by atoms with van der Waals surface area (Å²) in [5.74, 6) is -1.03. The van der Waals surface area contributed by atoms with Gasteiger partial charge in [-0.25, -0.2) is 8.78 Å². The van der Waals surface area contributed by atoms with Crippen molar-refractivity contribution in [2.75, 3.05) is 7.11 Å². The highest BCUT2D eigenvalue weighted by Crippen LogP contribution is 2.27. The third-order valence-electron chi connectivity index (χ3n) is 2.16. The third kappa shape index (κ3) is 3.10. The molecule has 0 aliphatic carbocycles. The predicted octanol–water partition coefficient (Wildman–Crippen LogP) is 1.11. The minimum absolute atomic E-state index is 0.00894. The summed E-state index contributed by atoms with van der Waals surface area (Å²) in [6, 6.07) is 1.07. The molecule has 0 bridgehead atoms. The maximum atomic E-state index is 12.5. The second-order valence-corrected chi connectivity index (χ2v) is 3.25. The molecule has 1 rings (SSSR count). The van der Waals surface area contributed by atoms with Crippen molar-refractivity contribution in [3.8, 4) is 5.75 Å². The summed E-state index contributed by atoms with van der Waals surface area (Å²) in [7, 11) is 1.30. The van der Waals surface area contributed by atoms with Crippen molar-refractivity contribution < 1.29 is 23.4 Å². The predicted molar refractivity (Wildman–Crippen MR) is 55.0 cm³/mol. The van der Waals surface area contributed by atoms with Gasteiger partial charge >= 0.3 is 5.97 Å². The van der Waals surface area contributed by atoms with Crippen LogP contribution in [0.1, 0.15) is 23.4 Å². The molecule has 1 aromatic heterocycles. The van der Waals surface area contributed by atoms with Crippen LogP contribution >= 0.6 is 0 Å². The lowest BCUT2D eigenvalue weighted by molar-refractivity contribution is -0.136. The summed E-state index contributed by atoms with van der Waals surface area (Å²) in [6.45, 7) is -0.0255. The molecule has 7 heteroatoms. The fraction of sp³-hybridized carbons (Fsp3) is 0.400. The molecule has 5 nitrogen and oxygen atoms in total. The van der Waals surface area contributed by atoms with Crippen LogP contribution in [-0.4, -0.2) is 23.2 Å². The summed E-state index contributed by atoms with van der Waals surface area (Å²) in [4.78, 5) is 14.2. The summed E-state index contributed by atoms with van der Waals surface area (Å²) in [6.07, 6.45) is -3.26. The average Bonchev–Trinajstić information content (AvgIpc) is 2.26. The van der Waals surface area contributed by atoms with Gasteiger partial charge in [0.2, 0.25) is 0 Å². The quantitative estimate of drug-likeness (QED) is 0.812. The van der Waals surface area contributed by atoms with Gasteiger partial charge in [0.05, 0.1) is 19.2 Å². The molecule has 0 spiro atoms. The van der Waals surface area contributed by atoms with E-state index < -0.39 is 24.5 Å². The number of hydrogen-bond donors (Lipinski definition) is 2. The van der Waals surface area contributed by atoms with Crippen LogP contribution in [0.3, 0.4) is 0 Å². The van der Waals surface area contributed by atoms with Gasteiger partial charge in [0.1, 0.15) is 11.4 Å². The fourth-order valence-electron chi connectivity index (χ4n) is 1.42. The van der Waals surface area contributed by atoms with E-state index in [0.717, 1.165) is 6.07 Å². The molecule has 0 atom stereocenters. The zero-order valence-corrected chi connectivity index (χ0v) is 9.11. The van der Waals surface area contributed by atoms with Gasteiger partial charge in [-0.1, -0.05) is 0 Å². The first-order valence-corrected chi connectivity index (χ1v) is 4.76. The number of carboxylic acid groups (broad SMARTS) is 1. The Hall–Kier alpha value is -1.76. The van der Waals surface area contributed by atoms with Crippen molar-refractivity contribution in [3.05, 3.63) is 23.0 Å². The van der Waals surface area contributed by atoms with Crippen LogP contribution in [0.2, 0.25) is 0 Å². The Kier molecular flexibility index (Phi) is 4.33. The first-order valence-electron chi connectivity index (χ1n) is 4.76. The molecule has 0 amide bonds. The molecule has 0 aliphatic rings. The highest BCUT2D eigenvalue weighted by Gasteiger charge is 2.18. The SMILES string of the molecule is COc1cc(C(F)F)nc(CC(=O)O)c1CN. The second kappa shape index (κ2) is 5.53. The van der Waals surface area contributed by atoms with Gasteiger partial charge < -0.3 is 15.6 Å². The van der Waals surface area contributed by atoms with Crippen molar-refractivity contribution in [2.24, 2.45) is 5.73 Å². The number of carbonyl (C=O) groups is 1. The Morgan fingerprint density at radius 2 is 2.29 bits per heavy atom. The Bertz CT molecular complexity index is 424. The van der Waals surface area contributed by atoms with Crippen molar-refractivity contribution >= 4 is 5.97 Å². The van der Waals surface area contributed by atoms with Gasteiger partial charge in [0, 0.05) is 18.2 Å². The molecule has 0 fully saturated rings. The largest absolute Gasteiger partial charge is 0.496 e. The summed E-state index contributed by atoms with van der Waals surface area (Å²) >= 11 is 0. The fourth-order valence-corrected chi connectivity index (χ4v) is 1.42. The smallest absolute Gasteiger partial charge is 0.309 e. The Morgan fingerprint density at radius 3 is 2.71 bits per heavy atom. The van der Waals surface area contributed by atoms with Crippen molar-refractivity contribution in [2.45, 2.75) is 19.4 Å². The standard InChI is InChI=1S/C10H12F2N2O3/c1-17-8-2-7(10(11)12)14-6(3-9(15)16)5(8)4-13/h2,10H,3-4,13H2,1H3,(H,15,16). The van der Waals surface area contributed by atoms with Crippen molar-refractivity contribution in [3.63, 3.8) is 0 Å². The van der Waals surface area contributed by atoms with Gasteiger partial charge in [-0.15, -0.1) is 0 Å². The maximum Gasteiger partial charge on any atom is 0.309 e. The molecule has 0 saturated heterocycles. The molecule has 1 heterocycles.